The molecule has 1 aliphatic heterocycles. The van der Waals surface area contributed by atoms with Crippen molar-refractivity contribution in [2.75, 3.05) is 4.90 Å². The average Bonchev–Trinajstić information content (AvgIpc) is 3.05. The van der Waals surface area contributed by atoms with Gasteiger partial charge in [-0.1, -0.05) is 66.2 Å². The minimum absolute atomic E-state index is 0.0903. The Labute approximate surface area is 180 Å². The molecule has 4 aliphatic rings. The normalized spacial score (nSPS) is 27.7. The highest BCUT2D eigenvalue weighted by Gasteiger charge is 2.69. The molecule has 4 heteroatoms. The summed E-state index contributed by atoms with van der Waals surface area (Å²) in [6.07, 6.45) is 0. The minimum Gasteiger partial charge on any atom is -0.299 e. The number of aryl methyl sites for hydroxylation is 1. The number of benzene rings is 3. The lowest BCUT2D eigenvalue weighted by Crippen LogP contribution is -2.57. The average molecular weight is 407 g/mol. The Morgan fingerprint density at radius 3 is 1.90 bits per heavy atom. The van der Waals surface area contributed by atoms with Gasteiger partial charge < -0.3 is 0 Å². The monoisotopic (exact) mass is 407 g/mol. The maximum atomic E-state index is 13.9. The Morgan fingerprint density at radius 2 is 1.35 bits per heavy atom. The second-order valence-corrected chi connectivity index (χ2v) is 8.87. The molecular weight excluding hydrogens is 386 g/mol. The molecule has 31 heavy (non-hydrogen) atoms. The highest BCUT2D eigenvalue weighted by Crippen LogP contribution is 2.64. The molecule has 1 heterocycles. The van der Waals surface area contributed by atoms with Crippen molar-refractivity contribution in [3.05, 3.63) is 101 Å². The van der Waals surface area contributed by atoms with Crippen LogP contribution < -0.4 is 4.90 Å². The van der Waals surface area contributed by atoms with E-state index in [1.165, 1.54) is 4.90 Å². The SMILES string of the molecule is CC(=O)C12c3ccccc3C(c3ccccc31)[C@H]1C(=O)N(c3ccc(C)cc3)C(=O)[C@@H]12. The molecule has 0 spiro atoms. The second-order valence-electron chi connectivity index (χ2n) is 8.87. The van der Waals surface area contributed by atoms with Crippen LogP contribution in [0.25, 0.3) is 0 Å². The van der Waals surface area contributed by atoms with Gasteiger partial charge in [-0.05, 0) is 48.2 Å². The van der Waals surface area contributed by atoms with E-state index in [9.17, 15) is 14.4 Å². The number of rotatable bonds is 2. The number of hydrogen-bond acceptors (Lipinski definition) is 3. The Morgan fingerprint density at radius 1 is 0.806 bits per heavy atom. The summed E-state index contributed by atoms with van der Waals surface area (Å²) in [5.74, 6) is -2.12. The quantitative estimate of drug-likeness (QED) is 0.600. The summed E-state index contributed by atoms with van der Waals surface area (Å²) < 4.78 is 0. The van der Waals surface area contributed by atoms with E-state index in [2.05, 4.69) is 0 Å². The van der Waals surface area contributed by atoms with Crippen LogP contribution in [0, 0.1) is 18.8 Å². The maximum Gasteiger partial charge on any atom is 0.239 e. The van der Waals surface area contributed by atoms with Gasteiger partial charge in [-0.25, -0.2) is 4.90 Å². The number of hydrogen-bond donors (Lipinski definition) is 0. The summed E-state index contributed by atoms with van der Waals surface area (Å²) in [4.78, 5) is 42.5. The van der Waals surface area contributed by atoms with Crippen LogP contribution >= 0.6 is 0 Å². The summed E-state index contributed by atoms with van der Waals surface area (Å²) in [6.45, 7) is 3.53. The number of Topliss-reactive ketones (excluding diaryl/α,β-unsaturated/α-hetero) is 1. The fraction of sp³-hybridized carbons (Fsp3) is 0.222. The van der Waals surface area contributed by atoms with E-state index in [4.69, 9.17) is 0 Å². The zero-order chi connectivity index (χ0) is 21.5. The molecule has 2 amide bonds. The largest absolute Gasteiger partial charge is 0.299 e. The highest BCUT2D eigenvalue weighted by molar-refractivity contribution is 6.25. The molecule has 0 aromatic heterocycles. The molecule has 1 saturated heterocycles. The minimum atomic E-state index is -1.14. The summed E-state index contributed by atoms with van der Waals surface area (Å²) in [6, 6.07) is 23.1. The predicted octanol–water partition coefficient (Wildman–Crippen LogP) is 4.13. The number of imide groups is 1. The van der Waals surface area contributed by atoms with E-state index in [1.54, 1.807) is 6.92 Å². The summed E-state index contributed by atoms with van der Waals surface area (Å²) in [7, 11) is 0. The zero-order valence-electron chi connectivity index (χ0n) is 17.3. The number of carbonyl (C=O) groups excluding carboxylic acids is 3. The van der Waals surface area contributed by atoms with Crippen LogP contribution in [0.1, 0.15) is 40.7 Å². The highest BCUT2D eigenvalue weighted by atomic mass is 16.2. The van der Waals surface area contributed by atoms with Gasteiger partial charge in [-0.15, -0.1) is 0 Å². The Kier molecular flexibility index (Phi) is 3.54. The standard InChI is InChI=1S/C27H21NO3/c1-15-11-13-17(14-12-15)28-25(30)23-22-18-7-3-5-9-20(18)27(16(2)29,24(23)26(28)31)21-10-6-4-8-19(21)22/h3-14,22-24H,1-2H3/t22?,23-,24-,27?/m1/s1. The number of ketones is 1. The Balaban J connectivity index is 1.67. The first-order valence-electron chi connectivity index (χ1n) is 10.6. The number of anilines is 1. The van der Waals surface area contributed by atoms with Gasteiger partial charge in [0.05, 0.1) is 22.9 Å². The first-order chi connectivity index (χ1) is 15.0. The van der Waals surface area contributed by atoms with E-state index < -0.39 is 17.3 Å². The van der Waals surface area contributed by atoms with E-state index >= 15 is 0 Å². The summed E-state index contributed by atoms with van der Waals surface area (Å²) in [5, 5.41) is 0. The summed E-state index contributed by atoms with van der Waals surface area (Å²) >= 11 is 0. The maximum absolute atomic E-state index is 13.9. The lowest BCUT2D eigenvalue weighted by atomic mass is 9.46. The molecule has 0 unspecified atom stereocenters. The topological polar surface area (TPSA) is 54.5 Å². The third kappa shape index (κ3) is 2.03. The smallest absolute Gasteiger partial charge is 0.239 e. The van der Waals surface area contributed by atoms with Crippen LogP contribution in [0.3, 0.4) is 0 Å². The van der Waals surface area contributed by atoms with Crippen LogP contribution in [0.4, 0.5) is 5.69 Å². The zero-order valence-corrected chi connectivity index (χ0v) is 17.3. The van der Waals surface area contributed by atoms with Crippen molar-refractivity contribution in [1.29, 1.82) is 0 Å². The van der Waals surface area contributed by atoms with Crippen LogP contribution in [0.2, 0.25) is 0 Å². The molecule has 1 fully saturated rings. The molecular formula is C27H21NO3. The molecule has 4 nitrogen and oxygen atoms in total. The van der Waals surface area contributed by atoms with E-state index in [0.29, 0.717) is 5.69 Å². The van der Waals surface area contributed by atoms with Crippen LogP contribution in [0.15, 0.2) is 72.8 Å². The van der Waals surface area contributed by atoms with Crippen molar-refractivity contribution in [2.24, 2.45) is 11.8 Å². The lowest BCUT2D eigenvalue weighted by molar-refractivity contribution is -0.132. The van der Waals surface area contributed by atoms with Crippen LogP contribution in [-0.2, 0) is 19.8 Å². The first kappa shape index (κ1) is 18.3. The van der Waals surface area contributed by atoms with Crippen molar-refractivity contribution in [2.45, 2.75) is 25.2 Å². The van der Waals surface area contributed by atoms with Gasteiger partial charge in [0.15, 0.2) is 0 Å². The fourth-order valence-electron chi connectivity index (χ4n) is 6.32. The molecule has 152 valence electrons. The van der Waals surface area contributed by atoms with E-state index in [-0.39, 0.29) is 23.5 Å². The van der Waals surface area contributed by atoms with Gasteiger partial charge in [-0.2, -0.15) is 0 Å². The molecule has 0 radical (unpaired) electrons. The third-order valence-corrected chi connectivity index (χ3v) is 7.47. The molecule has 3 aromatic rings. The number of nitrogens with zero attached hydrogens (tertiary/aromatic N) is 1. The molecule has 3 aromatic carbocycles. The molecule has 0 saturated carbocycles. The van der Waals surface area contributed by atoms with Gasteiger partial charge in [0, 0.05) is 5.92 Å². The van der Waals surface area contributed by atoms with E-state index in [0.717, 1.165) is 27.8 Å². The lowest BCUT2D eigenvalue weighted by Gasteiger charge is -2.52. The van der Waals surface area contributed by atoms with Crippen molar-refractivity contribution in [1.82, 2.24) is 0 Å². The van der Waals surface area contributed by atoms with Gasteiger partial charge in [0.1, 0.15) is 5.78 Å². The number of amides is 2. The van der Waals surface area contributed by atoms with Crippen LogP contribution in [-0.4, -0.2) is 17.6 Å². The Hall–Kier alpha value is -3.53. The van der Waals surface area contributed by atoms with Gasteiger partial charge in [0.2, 0.25) is 11.8 Å². The van der Waals surface area contributed by atoms with Crippen molar-refractivity contribution >= 4 is 23.3 Å². The van der Waals surface area contributed by atoms with Crippen LogP contribution in [0.5, 0.6) is 0 Å². The molecule has 2 atom stereocenters. The second kappa shape index (κ2) is 6.01. The predicted molar refractivity (Wildman–Crippen MR) is 117 cm³/mol. The molecule has 7 rings (SSSR count). The van der Waals surface area contributed by atoms with Gasteiger partial charge in [0.25, 0.3) is 0 Å². The molecule has 2 bridgehead atoms. The Bertz CT molecular complexity index is 1240. The van der Waals surface area contributed by atoms with Crippen molar-refractivity contribution in [3.63, 3.8) is 0 Å². The van der Waals surface area contributed by atoms with Gasteiger partial charge in [-0.3, -0.25) is 14.4 Å². The molecule has 0 N–H and O–H groups in total. The number of carbonyl (C=O) groups is 3. The van der Waals surface area contributed by atoms with E-state index in [1.807, 2.05) is 79.7 Å². The summed E-state index contributed by atoms with van der Waals surface area (Å²) in [5.41, 5.74) is 4.22. The molecule has 3 aliphatic carbocycles. The van der Waals surface area contributed by atoms with Crippen molar-refractivity contribution in [3.8, 4) is 0 Å². The first-order valence-corrected chi connectivity index (χ1v) is 10.6. The van der Waals surface area contributed by atoms with Crippen molar-refractivity contribution < 1.29 is 14.4 Å². The third-order valence-electron chi connectivity index (χ3n) is 7.47. The fourth-order valence-corrected chi connectivity index (χ4v) is 6.32. The van der Waals surface area contributed by atoms with Gasteiger partial charge >= 0.3 is 0 Å².